The molecule has 0 saturated carbocycles. The molecule has 0 bridgehead atoms. The average molecular weight is 414 g/mol. The number of rotatable bonds is 3. The fraction of sp³-hybridized carbons (Fsp3) is 0.286. The third-order valence-electron chi connectivity index (χ3n) is 5.54. The van der Waals surface area contributed by atoms with Gasteiger partial charge in [0.1, 0.15) is 11.4 Å². The van der Waals surface area contributed by atoms with Gasteiger partial charge < -0.3 is 15.0 Å². The molecule has 3 aromatic rings. The van der Waals surface area contributed by atoms with Crippen LogP contribution in [-0.2, 0) is 6.18 Å². The number of pyridine rings is 2. The maximum absolute atomic E-state index is 12.7. The quantitative estimate of drug-likeness (QED) is 0.711. The zero-order valence-electron chi connectivity index (χ0n) is 15.7. The number of hydrogen-bond acceptors (Lipinski definition) is 5. The summed E-state index contributed by atoms with van der Waals surface area (Å²) < 4.78 is 43.5. The first-order valence-electron chi connectivity index (χ1n) is 9.51. The number of halogens is 3. The summed E-state index contributed by atoms with van der Waals surface area (Å²) in [6.07, 6.45) is -3.71. The van der Waals surface area contributed by atoms with Crippen LogP contribution in [0, 0.1) is 5.92 Å². The van der Waals surface area contributed by atoms with Crippen LogP contribution in [0.3, 0.4) is 0 Å². The molecule has 1 aromatic carbocycles. The molecule has 0 aliphatic carbocycles. The summed E-state index contributed by atoms with van der Waals surface area (Å²) in [6, 6.07) is 11.0. The van der Waals surface area contributed by atoms with E-state index in [1.807, 2.05) is 4.90 Å². The van der Waals surface area contributed by atoms with Crippen LogP contribution in [0.5, 0.6) is 11.6 Å². The molecule has 2 aliphatic rings. The lowest BCUT2D eigenvalue weighted by atomic mass is 9.96. The molecule has 2 unspecified atom stereocenters. The topological polar surface area (TPSA) is 67.3 Å². The van der Waals surface area contributed by atoms with E-state index in [1.54, 1.807) is 30.3 Å². The Labute approximate surface area is 169 Å². The standard InChI is InChI=1S/C21H17F3N4O2/c22-21(23,24)14-2-6-19(26-9-14)30-15-3-5-16-12(7-15)1-4-17(27-16)20(29)28-10-13-8-25-18(13)11-28/h1-7,9,13,18,25H,8,10-11H2. The molecule has 2 aliphatic heterocycles. The number of benzene rings is 1. The van der Waals surface area contributed by atoms with Crippen LogP contribution in [0.15, 0.2) is 48.7 Å². The lowest BCUT2D eigenvalue weighted by Crippen LogP contribution is -2.51. The number of fused-ring (bicyclic) bond motifs is 2. The number of nitrogens with zero attached hydrogens (tertiary/aromatic N) is 3. The summed E-state index contributed by atoms with van der Waals surface area (Å²) in [5, 5.41) is 4.07. The lowest BCUT2D eigenvalue weighted by Gasteiger charge is -2.29. The van der Waals surface area contributed by atoms with Gasteiger partial charge >= 0.3 is 6.18 Å². The van der Waals surface area contributed by atoms with Crippen molar-refractivity contribution in [2.24, 2.45) is 5.92 Å². The number of hydrogen-bond donors (Lipinski definition) is 1. The molecular weight excluding hydrogens is 397 g/mol. The Kier molecular flexibility index (Phi) is 4.35. The first-order valence-corrected chi connectivity index (χ1v) is 9.51. The van der Waals surface area contributed by atoms with Gasteiger partial charge in [0.15, 0.2) is 0 Å². The van der Waals surface area contributed by atoms with E-state index in [0.29, 0.717) is 35.5 Å². The molecule has 0 radical (unpaired) electrons. The van der Waals surface area contributed by atoms with Gasteiger partial charge in [-0.1, -0.05) is 6.07 Å². The highest BCUT2D eigenvalue weighted by molar-refractivity contribution is 5.95. The van der Waals surface area contributed by atoms with Crippen LogP contribution in [0.25, 0.3) is 10.9 Å². The highest BCUT2D eigenvalue weighted by Gasteiger charge is 2.41. The zero-order chi connectivity index (χ0) is 20.9. The van der Waals surface area contributed by atoms with E-state index in [0.717, 1.165) is 30.7 Å². The van der Waals surface area contributed by atoms with Crippen molar-refractivity contribution in [1.29, 1.82) is 0 Å². The second-order valence-electron chi connectivity index (χ2n) is 7.52. The Morgan fingerprint density at radius 1 is 1.13 bits per heavy atom. The van der Waals surface area contributed by atoms with Crippen LogP contribution in [-0.4, -0.2) is 46.5 Å². The molecule has 2 atom stereocenters. The van der Waals surface area contributed by atoms with E-state index in [9.17, 15) is 18.0 Å². The molecule has 0 spiro atoms. The van der Waals surface area contributed by atoms with E-state index in [2.05, 4.69) is 15.3 Å². The van der Waals surface area contributed by atoms with E-state index >= 15 is 0 Å². The van der Waals surface area contributed by atoms with Crippen LogP contribution in [0.4, 0.5) is 13.2 Å². The third kappa shape index (κ3) is 3.45. The number of aromatic nitrogens is 2. The van der Waals surface area contributed by atoms with E-state index in [-0.39, 0.29) is 11.8 Å². The second-order valence-corrected chi connectivity index (χ2v) is 7.52. The van der Waals surface area contributed by atoms with Crippen molar-refractivity contribution in [3.63, 3.8) is 0 Å². The van der Waals surface area contributed by atoms with Crippen molar-refractivity contribution < 1.29 is 22.7 Å². The Bertz CT molecular complexity index is 1110. The van der Waals surface area contributed by atoms with Gasteiger partial charge in [0, 0.05) is 49.2 Å². The van der Waals surface area contributed by atoms with Gasteiger partial charge in [0.25, 0.3) is 5.91 Å². The Balaban J connectivity index is 1.32. The minimum absolute atomic E-state index is 0.0550. The normalized spacial score (nSPS) is 20.7. The largest absolute Gasteiger partial charge is 0.439 e. The molecule has 154 valence electrons. The van der Waals surface area contributed by atoms with Crippen LogP contribution in [0.2, 0.25) is 0 Å². The van der Waals surface area contributed by atoms with Crippen molar-refractivity contribution in [1.82, 2.24) is 20.2 Å². The van der Waals surface area contributed by atoms with Gasteiger partial charge in [0.2, 0.25) is 5.88 Å². The summed E-state index contributed by atoms with van der Waals surface area (Å²) in [6.45, 7) is 2.41. The molecule has 1 N–H and O–H groups in total. The van der Waals surface area contributed by atoms with E-state index in [1.165, 1.54) is 6.07 Å². The molecule has 2 fully saturated rings. The van der Waals surface area contributed by atoms with Crippen molar-refractivity contribution in [2.45, 2.75) is 12.2 Å². The molecule has 1 amide bonds. The fourth-order valence-electron chi connectivity index (χ4n) is 3.79. The highest BCUT2D eigenvalue weighted by atomic mass is 19.4. The van der Waals surface area contributed by atoms with Gasteiger partial charge in [0.05, 0.1) is 11.1 Å². The van der Waals surface area contributed by atoms with Crippen LogP contribution < -0.4 is 10.1 Å². The van der Waals surface area contributed by atoms with Gasteiger partial charge in [-0.15, -0.1) is 0 Å². The molecule has 6 nitrogen and oxygen atoms in total. The minimum Gasteiger partial charge on any atom is -0.439 e. The van der Waals surface area contributed by atoms with Gasteiger partial charge in [-0.05, 0) is 30.3 Å². The molecule has 2 saturated heterocycles. The molecule has 9 heteroatoms. The summed E-state index contributed by atoms with van der Waals surface area (Å²) in [5.41, 5.74) is 0.187. The molecule has 2 aromatic heterocycles. The van der Waals surface area contributed by atoms with Gasteiger partial charge in [-0.3, -0.25) is 4.79 Å². The minimum atomic E-state index is -4.44. The first kappa shape index (κ1) is 18.8. The van der Waals surface area contributed by atoms with Gasteiger partial charge in [-0.2, -0.15) is 13.2 Å². The number of nitrogens with one attached hydrogen (secondary N) is 1. The number of likely N-dealkylation sites (tertiary alicyclic amines) is 1. The summed E-state index contributed by atoms with van der Waals surface area (Å²) in [5.74, 6) is 0.924. The van der Waals surface area contributed by atoms with Gasteiger partial charge in [-0.25, -0.2) is 9.97 Å². The monoisotopic (exact) mass is 414 g/mol. The number of ether oxygens (including phenoxy) is 1. The maximum Gasteiger partial charge on any atom is 0.417 e. The van der Waals surface area contributed by atoms with Crippen molar-refractivity contribution in [3.05, 3.63) is 59.9 Å². The SMILES string of the molecule is O=C(c1ccc2cc(Oc3ccc(C(F)(F)F)cn3)ccc2n1)N1CC2CNC2C1. The third-order valence-corrected chi connectivity index (χ3v) is 5.54. The number of alkyl halides is 3. The summed E-state index contributed by atoms with van der Waals surface area (Å²) in [7, 11) is 0. The van der Waals surface area contributed by atoms with Crippen molar-refractivity contribution in [2.75, 3.05) is 19.6 Å². The first-order chi connectivity index (χ1) is 14.4. The maximum atomic E-state index is 12.7. The summed E-state index contributed by atoms with van der Waals surface area (Å²) in [4.78, 5) is 22.7. The molecule has 30 heavy (non-hydrogen) atoms. The summed E-state index contributed by atoms with van der Waals surface area (Å²) >= 11 is 0. The van der Waals surface area contributed by atoms with E-state index < -0.39 is 11.7 Å². The van der Waals surface area contributed by atoms with E-state index in [4.69, 9.17) is 4.74 Å². The predicted molar refractivity (Wildman–Crippen MR) is 102 cm³/mol. The molecule has 4 heterocycles. The molecule has 5 rings (SSSR count). The number of amides is 1. The zero-order valence-corrected chi connectivity index (χ0v) is 15.7. The number of carbonyl (C=O) groups excluding carboxylic acids is 1. The lowest BCUT2D eigenvalue weighted by molar-refractivity contribution is -0.137. The smallest absolute Gasteiger partial charge is 0.417 e. The van der Waals surface area contributed by atoms with Crippen LogP contribution in [0.1, 0.15) is 16.1 Å². The highest BCUT2D eigenvalue weighted by Crippen LogP contribution is 2.31. The van der Waals surface area contributed by atoms with Crippen molar-refractivity contribution >= 4 is 16.8 Å². The van der Waals surface area contributed by atoms with Crippen LogP contribution >= 0.6 is 0 Å². The average Bonchev–Trinajstić information content (AvgIpc) is 3.01. The van der Waals surface area contributed by atoms with Crippen molar-refractivity contribution in [3.8, 4) is 11.6 Å². The fourth-order valence-corrected chi connectivity index (χ4v) is 3.79. The Morgan fingerprint density at radius 3 is 2.63 bits per heavy atom. The molecular formula is C21H17F3N4O2. The number of carbonyl (C=O) groups is 1. The Morgan fingerprint density at radius 2 is 2.00 bits per heavy atom. The second kappa shape index (κ2) is 6.94. The Hall–Kier alpha value is -3.20. The predicted octanol–water partition coefficient (Wildman–Crippen LogP) is 3.48.